The highest BCUT2D eigenvalue weighted by Gasteiger charge is 2.06. The predicted octanol–water partition coefficient (Wildman–Crippen LogP) is 2.65. The molecule has 0 saturated heterocycles. The minimum atomic E-state index is -0.0958. The van der Waals surface area contributed by atoms with Crippen molar-refractivity contribution in [1.29, 1.82) is 0 Å². The Balaban J connectivity index is 2.27. The fourth-order valence-corrected chi connectivity index (χ4v) is 2.70. The van der Waals surface area contributed by atoms with Crippen molar-refractivity contribution in [3.63, 3.8) is 0 Å². The van der Waals surface area contributed by atoms with Crippen molar-refractivity contribution < 1.29 is 0 Å². The summed E-state index contributed by atoms with van der Waals surface area (Å²) in [6.45, 7) is 0. The van der Waals surface area contributed by atoms with Crippen molar-refractivity contribution in [3.05, 3.63) is 53.2 Å². The summed E-state index contributed by atoms with van der Waals surface area (Å²) in [5.74, 6) is 0. The highest BCUT2D eigenvalue weighted by Crippen LogP contribution is 2.31. The highest BCUT2D eigenvalue weighted by molar-refractivity contribution is 7.22. The molecule has 16 heavy (non-hydrogen) atoms. The second kappa shape index (κ2) is 3.57. The van der Waals surface area contributed by atoms with E-state index in [1.54, 1.807) is 17.5 Å². The molecule has 1 aromatic carbocycles. The molecule has 3 nitrogen and oxygen atoms in total. The van der Waals surface area contributed by atoms with Crippen molar-refractivity contribution >= 4 is 21.4 Å². The Bertz CT molecular complexity index is 666. The lowest BCUT2D eigenvalue weighted by atomic mass is 10.2. The van der Waals surface area contributed by atoms with Gasteiger partial charge in [-0.15, -0.1) is 11.3 Å². The van der Waals surface area contributed by atoms with Gasteiger partial charge in [0.2, 0.25) is 0 Å². The van der Waals surface area contributed by atoms with Crippen molar-refractivity contribution in [2.75, 3.05) is 0 Å². The Kier molecular flexibility index (Phi) is 2.08. The van der Waals surface area contributed by atoms with Gasteiger partial charge in [-0.05, 0) is 17.5 Å². The summed E-state index contributed by atoms with van der Waals surface area (Å²) in [7, 11) is 0. The lowest BCUT2D eigenvalue weighted by Crippen LogP contribution is -2.07. The van der Waals surface area contributed by atoms with E-state index in [0.29, 0.717) is 5.56 Å². The van der Waals surface area contributed by atoms with E-state index in [-0.39, 0.29) is 5.56 Å². The molecule has 4 heteroatoms. The standard InChI is InChI=1S/C12H8N2OS/c15-12-9(6-13-7-14-12)11-5-8-3-1-2-4-10(8)16-11/h1-7H,(H,13,14,15). The molecule has 0 amide bonds. The molecule has 0 unspecified atom stereocenters. The van der Waals surface area contributed by atoms with Crippen molar-refractivity contribution in [2.45, 2.75) is 0 Å². The number of hydrogen-bond donors (Lipinski definition) is 1. The minimum Gasteiger partial charge on any atom is -0.313 e. The van der Waals surface area contributed by atoms with E-state index < -0.39 is 0 Å². The molecule has 1 N–H and O–H groups in total. The Morgan fingerprint density at radius 1 is 1.25 bits per heavy atom. The zero-order chi connectivity index (χ0) is 11.0. The number of rotatable bonds is 1. The maximum atomic E-state index is 11.6. The van der Waals surface area contributed by atoms with Crippen molar-refractivity contribution in [1.82, 2.24) is 9.97 Å². The molecule has 2 heterocycles. The van der Waals surface area contributed by atoms with Gasteiger partial charge in [-0.25, -0.2) is 4.98 Å². The van der Waals surface area contributed by atoms with E-state index in [4.69, 9.17) is 0 Å². The Hall–Kier alpha value is -1.94. The maximum Gasteiger partial charge on any atom is 0.259 e. The number of H-pyrrole nitrogens is 1. The summed E-state index contributed by atoms with van der Waals surface area (Å²) in [6.07, 6.45) is 3.00. The summed E-state index contributed by atoms with van der Waals surface area (Å²) in [6, 6.07) is 10.1. The van der Waals surface area contributed by atoms with E-state index in [9.17, 15) is 4.79 Å². The smallest absolute Gasteiger partial charge is 0.259 e. The van der Waals surface area contributed by atoms with Crippen LogP contribution in [0.25, 0.3) is 20.5 Å². The Morgan fingerprint density at radius 3 is 2.94 bits per heavy atom. The van der Waals surface area contributed by atoms with Gasteiger partial charge in [0, 0.05) is 15.8 Å². The van der Waals surface area contributed by atoms with E-state index >= 15 is 0 Å². The number of hydrogen-bond acceptors (Lipinski definition) is 3. The molecule has 0 aliphatic rings. The molecule has 78 valence electrons. The molecule has 0 aliphatic heterocycles. The van der Waals surface area contributed by atoms with Gasteiger partial charge in [-0.1, -0.05) is 18.2 Å². The topological polar surface area (TPSA) is 45.8 Å². The van der Waals surface area contributed by atoms with E-state index in [1.807, 2.05) is 30.3 Å². The fourth-order valence-electron chi connectivity index (χ4n) is 1.63. The number of fused-ring (bicyclic) bond motifs is 1. The van der Waals surface area contributed by atoms with Crippen LogP contribution in [0.1, 0.15) is 0 Å². The first-order valence-corrected chi connectivity index (χ1v) is 5.68. The van der Waals surface area contributed by atoms with Gasteiger partial charge in [0.25, 0.3) is 5.56 Å². The van der Waals surface area contributed by atoms with Gasteiger partial charge in [0.1, 0.15) is 0 Å². The molecule has 0 saturated carbocycles. The molecule has 0 radical (unpaired) electrons. The largest absolute Gasteiger partial charge is 0.313 e. The second-order valence-corrected chi connectivity index (χ2v) is 4.53. The van der Waals surface area contributed by atoms with E-state index in [0.717, 1.165) is 10.3 Å². The number of aromatic amines is 1. The first-order chi connectivity index (χ1) is 7.84. The number of thiophene rings is 1. The van der Waals surface area contributed by atoms with Gasteiger partial charge in [-0.3, -0.25) is 4.79 Å². The second-order valence-electron chi connectivity index (χ2n) is 3.44. The molecule has 2 aromatic heterocycles. The quantitative estimate of drug-likeness (QED) is 0.696. The average molecular weight is 228 g/mol. The Morgan fingerprint density at radius 2 is 2.12 bits per heavy atom. The predicted molar refractivity (Wildman–Crippen MR) is 65.7 cm³/mol. The van der Waals surface area contributed by atoms with Crippen LogP contribution >= 0.6 is 11.3 Å². The van der Waals surface area contributed by atoms with Crippen molar-refractivity contribution in [3.8, 4) is 10.4 Å². The van der Waals surface area contributed by atoms with Gasteiger partial charge in [0.15, 0.2) is 0 Å². The Labute approximate surface area is 95.4 Å². The molecular weight excluding hydrogens is 220 g/mol. The molecule has 0 aliphatic carbocycles. The molecule has 0 spiro atoms. The van der Waals surface area contributed by atoms with Crippen molar-refractivity contribution in [2.24, 2.45) is 0 Å². The zero-order valence-corrected chi connectivity index (χ0v) is 9.12. The van der Waals surface area contributed by atoms with Gasteiger partial charge >= 0.3 is 0 Å². The summed E-state index contributed by atoms with van der Waals surface area (Å²) in [5.41, 5.74) is 0.533. The van der Waals surface area contributed by atoms with Gasteiger partial charge in [0.05, 0.1) is 11.9 Å². The molecule has 0 atom stereocenters. The van der Waals surface area contributed by atoms with E-state index in [1.165, 1.54) is 11.0 Å². The van der Waals surface area contributed by atoms with Crippen LogP contribution in [0.3, 0.4) is 0 Å². The molecule has 0 bridgehead atoms. The SMILES string of the molecule is O=c1[nH]cncc1-c1cc2ccccc2s1. The third-order valence-electron chi connectivity index (χ3n) is 2.41. The van der Waals surface area contributed by atoms with Crippen LogP contribution in [0.2, 0.25) is 0 Å². The number of nitrogens with one attached hydrogen (secondary N) is 1. The van der Waals surface area contributed by atoms with Crippen LogP contribution < -0.4 is 5.56 Å². The summed E-state index contributed by atoms with van der Waals surface area (Å²) >= 11 is 1.60. The number of benzene rings is 1. The summed E-state index contributed by atoms with van der Waals surface area (Å²) < 4.78 is 1.18. The summed E-state index contributed by atoms with van der Waals surface area (Å²) in [4.78, 5) is 19.1. The number of nitrogens with zero attached hydrogens (tertiary/aromatic N) is 1. The monoisotopic (exact) mass is 228 g/mol. The molecular formula is C12H8N2OS. The lowest BCUT2D eigenvalue weighted by Gasteiger charge is -1.92. The lowest BCUT2D eigenvalue weighted by molar-refractivity contribution is 1.12. The zero-order valence-electron chi connectivity index (χ0n) is 8.31. The van der Waals surface area contributed by atoms with Gasteiger partial charge < -0.3 is 4.98 Å². The number of aromatic nitrogens is 2. The third-order valence-corrected chi connectivity index (χ3v) is 3.56. The van der Waals surface area contributed by atoms with Crippen LogP contribution in [0, 0.1) is 0 Å². The van der Waals surface area contributed by atoms with Crippen LogP contribution in [0.4, 0.5) is 0 Å². The average Bonchev–Trinajstić information content (AvgIpc) is 2.73. The summed E-state index contributed by atoms with van der Waals surface area (Å²) in [5, 5.41) is 1.16. The first kappa shape index (κ1) is 9.30. The van der Waals surface area contributed by atoms with Crippen LogP contribution in [0.15, 0.2) is 47.7 Å². The molecule has 3 rings (SSSR count). The maximum absolute atomic E-state index is 11.6. The van der Waals surface area contributed by atoms with Crippen LogP contribution in [0.5, 0.6) is 0 Å². The van der Waals surface area contributed by atoms with Crippen LogP contribution in [-0.4, -0.2) is 9.97 Å². The third kappa shape index (κ3) is 1.44. The normalized spacial score (nSPS) is 10.8. The fraction of sp³-hybridized carbons (Fsp3) is 0. The first-order valence-electron chi connectivity index (χ1n) is 4.86. The van der Waals surface area contributed by atoms with E-state index in [2.05, 4.69) is 9.97 Å². The molecule has 3 aromatic rings. The van der Waals surface area contributed by atoms with Gasteiger partial charge in [-0.2, -0.15) is 0 Å². The minimum absolute atomic E-state index is 0.0958. The van der Waals surface area contributed by atoms with Crippen LogP contribution in [-0.2, 0) is 0 Å². The highest BCUT2D eigenvalue weighted by atomic mass is 32.1. The molecule has 0 fully saturated rings.